The highest BCUT2D eigenvalue weighted by molar-refractivity contribution is 6.17. The molecule has 0 saturated heterocycles. The van der Waals surface area contributed by atoms with Gasteiger partial charge in [-0.25, -0.2) is 0 Å². The molecule has 0 bridgehead atoms. The van der Waals surface area contributed by atoms with Crippen LogP contribution in [0.2, 0.25) is 0 Å². The molecule has 76 valence electrons. The highest BCUT2D eigenvalue weighted by Crippen LogP contribution is 2.24. The molecule has 0 aromatic heterocycles. The standard InChI is InChI=1S/C11H13ClO2/c1-11(2,10(13)14-8-12)9-6-4-3-5-7-9/h3-7H,8H2,1-2H3. The van der Waals surface area contributed by atoms with Crippen molar-refractivity contribution in [2.24, 2.45) is 0 Å². The van der Waals surface area contributed by atoms with E-state index in [0.29, 0.717) is 0 Å². The summed E-state index contributed by atoms with van der Waals surface area (Å²) in [5.41, 5.74) is 0.283. The summed E-state index contributed by atoms with van der Waals surface area (Å²) in [6.07, 6.45) is 0. The van der Waals surface area contributed by atoms with Crippen LogP contribution in [0, 0.1) is 0 Å². The summed E-state index contributed by atoms with van der Waals surface area (Å²) in [5.74, 6) is -0.307. The van der Waals surface area contributed by atoms with Crippen LogP contribution in [0.3, 0.4) is 0 Å². The van der Waals surface area contributed by atoms with Gasteiger partial charge in [0.2, 0.25) is 0 Å². The minimum atomic E-state index is -0.643. The third-order valence-corrected chi connectivity index (χ3v) is 2.30. The van der Waals surface area contributed by atoms with E-state index >= 15 is 0 Å². The molecule has 1 aromatic carbocycles. The zero-order valence-electron chi connectivity index (χ0n) is 8.29. The largest absolute Gasteiger partial charge is 0.449 e. The van der Waals surface area contributed by atoms with Crippen LogP contribution < -0.4 is 0 Å². The van der Waals surface area contributed by atoms with E-state index in [4.69, 9.17) is 16.3 Å². The number of carbonyl (C=O) groups is 1. The molecule has 2 nitrogen and oxygen atoms in total. The zero-order valence-corrected chi connectivity index (χ0v) is 9.04. The molecule has 0 heterocycles. The van der Waals surface area contributed by atoms with Crippen LogP contribution in [-0.4, -0.2) is 12.0 Å². The van der Waals surface area contributed by atoms with E-state index < -0.39 is 5.41 Å². The van der Waals surface area contributed by atoms with E-state index in [9.17, 15) is 4.79 Å². The van der Waals surface area contributed by atoms with Gasteiger partial charge in [-0.1, -0.05) is 41.9 Å². The molecule has 0 amide bonds. The maximum atomic E-state index is 11.6. The Morgan fingerprint density at radius 1 is 1.36 bits per heavy atom. The van der Waals surface area contributed by atoms with Gasteiger partial charge < -0.3 is 4.74 Å². The molecular weight excluding hydrogens is 200 g/mol. The van der Waals surface area contributed by atoms with E-state index in [1.54, 1.807) is 0 Å². The first kappa shape index (κ1) is 11.1. The smallest absolute Gasteiger partial charge is 0.317 e. The van der Waals surface area contributed by atoms with Crippen molar-refractivity contribution in [3.05, 3.63) is 35.9 Å². The number of rotatable bonds is 3. The van der Waals surface area contributed by atoms with Crippen LogP contribution in [-0.2, 0) is 14.9 Å². The quantitative estimate of drug-likeness (QED) is 0.569. The summed E-state index contributed by atoms with van der Waals surface area (Å²) >= 11 is 5.35. The SMILES string of the molecule is CC(C)(C(=O)OCCl)c1ccccc1. The van der Waals surface area contributed by atoms with Crippen LogP contribution in [0.5, 0.6) is 0 Å². The molecule has 0 aliphatic heterocycles. The van der Waals surface area contributed by atoms with Gasteiger partial charge in [-0.3, -0.25) is 4.79 Å². The Hall–Kier alpha value is -1.02. The monoisotopic (exact) mass is 212 g/mol. The lowest BCUT2D eigenvalue weighted by atomic mass is 9.85. The summed E-state index contributed by atoms with van der Waals surface area (Å²) in [5, 5.41) is 0. The van der Waals surface area contributed by atoms with Crippen LogP contribution in [0.25, 0.3) is 0 Å². The fourth-order valence-corrected chi connectivity index (χ4v) is 1.30. The number of hydrogen-bond donors (Lipinski definition) is 0. The van der Waals surface area contributed by atoms with Crippen molar-refractivity contribution in [1.82, 2.24) is 0 Å². The maximum Gasteiger partial charge on any atom is 0.317 e. The second-order valence-corrected chi connectivity index (χ2v) is 3.75. The van der Waals surface area contributed by atoms with Gasteiger partial charge in [0.15, 0.2) is 6.07 Å². The van der Waals surface area contributed by atoms with Gasteiger partial charge in [-0.05, 0) is 19.4 Å². The van der Waals surface area contributed by atoms with Gasteiger partial charge in [0, 0.05) is 0 Å². The minimum Gasteiger partial charge on any atom is -0.449 e. The average molecular weight is 213 g/mol. The zero-order chi connectivity index (χ0) is 10.6. The van der Waals surface area contributed by atoms with Gasteiger partial charge in [-0.15, -0.1) is 0 Å². The number of carbonyl (C=O) groups excluding carboxylic acids is 1. The average Bonchev–Trinajstić information content (AvgIpc) is 2.19. The summed E-state index contributed by atoms with van der Waals surface area (Å²) in [7, 11) is 0. The van der Waals surface area contributed by atoms with Gasteiger partial charge in [0.1, 0.15) is 0 Å². The third kappa shape index (κ3) is 2.26. The van der Waals surface area contributed by atoms with E-state index in [1.807, 2.05) is 44.2 Å². The Labute approximate surface area is 88.8 Å². The second-order valence-electron chi connectivity index (χ2n) is 3.53. The minimum absolute atomic E-state index is 0.102. The van der Waals surface area contributed by atoms with Gasteiger partial charge in [0.25, 0.3) is 0 Å². The summed E-state index contributed by atoms with van der Waals surface area (Å²) in [6, 6.07) is 9.39. The Morgan fingerprint density at radius 2 is 1.93 bits per heavy atom. The lowest BCUT2D eigenvalue weighted by Crippen LogP contribution is -2.30. The van der Waals surface area contributed by atoms with Gasteiger partial charge >= 0.3 is 5.97 Å². The molecule has 0 aliphatic rings. The van der Waals surface area contributed by atoms with Crippen LogP contribution in [0.1, 0.15) is 19.4 Å². The molecule has 0 fully saturated rings. The van der Waals surface area contributed by atoms with Crippen molar-refractivity contribution in [3.8, 4) is 0 Å². The first-order chi connectivity index (χ1) is 6.59. The molecule has 0 N–H and O–H groups in total. The van der Waals surface area contributed by atoms with Gasteiger partial charge in [0.05, 0.1) is 5.41 Å². The molecule has 0 radical (unpaired) electrons. The molecule has 0 unspecified atom stereocenters. The van der Waals surface area contributed by atoms with Crippen LogP contribution in [0.4, 0.5) is 0 Å². The van der Waals surface area contributed by atoms with E-state index in [1.165, 1.54) is 0 Å². The van der Waals surface area contributed by atoms with Crippen molar-refractivity contribution in [2.75, 3.05) is 6.07 Å². The summed E-state index contributed by atoms with van der Waals surface area (Å²) in [4.78, 5) is 11.6. The number of alkyl halides is 1. The first-order valence-electron chi connectivity index (χ1n) is 4.37. The van der Waals surface area contributed by atoms with E-state index in [0.717, 1.165) is 5.56 Å². The molecular formula is C11H13ClO2. The Kier molecular flexibility index (Phi) is 3.53. The van der Waals surface area contributed by atoms with E-state index in [2.05, 4.69) is 0 Å². The first-order valence-corrected chi connectivity index (χ1v) is 4.91. The highest BCUT2D eigenvalue weighted by atomic mass is 35.5. The van der Waals surface area contributed by atoms with Crippen LogP contribution >= 0.6 is 11.6 Å². The number of ether oxygens (including phenoxy) is 1. The van der Waals surface area contributed by atoms with E-state index in [-0.39, 0.29) is 12.0 Å². The lowest BCUT2D eigenvalue weighted by molar-refractivity contribution is -0.147. The normalized spacial score (nSPS) is 11.1. The Bertz CT molecular complexity index is 306. The van der Waals surface area contributed by atoms with Crippen molar-refractivity contribution < 1.29 is 9.53 Å². The molecule has 0 aliphatic carbocycles. The van der Waals surface area contributed by atoms with Crippen LogP contribution in [0.15, 0.2) is 30.3 Å². The predicted octanol–water partition coefficient (Wildman–Crippen LogP) is 2.70. The number of esters is 1. The highest BCUT2D eigenvalue weighted by Gasteiger charge is 2.30. The molecule has 3 heteroatoms. The van der Waals surface area contributed by atoms with Crippen molar-refractivity contribution >= 4 is 17.6 Å². The fraction of sp³-hybridized carbons (Fsp3) is 0.364. The van der Waals surface area contributed by atoms with Crippen molar-refractivity contribution in [1.29, 1.82) is 0 Å². The number of hydrogen-bond acceptors (Lipinski definition) is 2. The fourth-order valence-electron chi connectivity index (χ4n) is 1.20. The Morgan fingerprint density at radius 3 is 2.43 bits per heavy atom. The second kappa shape index (κ2) is 4.47. The number of benzene rings is 1. The van der Waals surface area contributed by atoms with Gasteiger partial charge in [-0.2, -0.15) is 0 Å². The molecule has 1 rings (SSSR count). The molecule has 0 spiro atoms. The maximum absolute atomic E-state index is 11.6. The van der Waals surface area contributed by atoms with Crippen molar-refractivity contribution in [2.45, 2.75) is 19.3 Å². The molecule has 1 aromatic rings. The summed E-state index contributed by atoms with van der Waals surface area (Å²) < 4.78 is 4.79. The topological polar surface area (TPSA) is 26.3 Å². The molecule has 0 atom stereocenters. The summed E-state index contributed by atoms with van der Waals surface area (Å²) in [6.45, 7) is 3.63. The molecule has 0 saturated carbocycles. The lowest BCUT2D eigenvalue weighted by Gasteiger charge is -2.22. The molecule has 14 heavy (non-hydrogen) atoms. The third-order valence-electron chi connectivity index (χ3n) is 2.19. The Balaban J connectivity index is 2.90. The predicted molar refractivity (Wildman–Crippen MR) is 56.3 cm³/mol. The van der Waals surface area contributed by atoms with Crippen molar-refractivity contribution in [3.63, 3.8) is 0 Å². The number of halogens is 1.